The van der Waals surface area contributed by atoms with Crippen molar-refractivity contribution in [1.82, 2.24) is 20.2 Å². The number of nitrogens with zero attached hydrogens (tertiary/aromatic N) is 3. The van der Waals surface area contributed by atoms with Gasteiger partial charge in [0.1, 0.15) is 12.4 Å². The van der Waals surface area contributed by atoms with Crippen molar-refractivity contribution in [1.29, 1.82) is 0 Å². The number of rotatable bonds is 10. The minimum Gasteiger partial charge on any atom is -0.379 e. The Morgan fingerprint density at radius 2 is 1.93 bits per heavy atom. The van der Waals surface area contributed by atoms with Crippen molar-refractivity contribution in [3.63, 3.8) is 0 Å². The second-order valence-electron chi connectivity index (χ2n) is 11.7. The number of likely N-dealkylation sites (tertiary alicyclic amines) is 1. The van der Waals surface area contributed by atoms with Crippen LogP contribution in [-0.2, 0) is 27.3 Å². The predicted octanol–water partition coefficient (Wildman–Crippen LogP) is 5.22. The number of methoxy groups -OCH3 is 1. The Morgan fingerprint density at radius 3 is 2.64 bits per heavy atom. The van der Waals surface area contributed by atoms with Crippen molar-refractivity contribution in [2.24, 2.45) is 0 Å². The van der Waals surface area contributed by atoms with Crippen LogP contribution in [0.1, 0.15) is 84.2 Å². The predicted molar refractivity (Wildman–Crippen MR) is 162 cm³/mol. The van der Waals surface area contributed by atoms with Crippen LogP contribution in [0.25, 0.3) is 0 Å². The monoisotopic (exact) mass is 600 g/mol. The molecular formula is C32H45FN4O4S. The summed E-state index contributed by atoms with van der Waals surface area (Å²) in [6.07, 6.45) is 9.47. The molecule has 3 aliphatic rings. The van der Waals surface area contributed by atoms with Crippen molar-refractivity contribution in [3.8, 4) is 0 Å². The van der Waals surface area contributed by atoms with E-state index in [1.807, 2.05) is 11.8 Å². The molecule has 0 unspecified atom stereocenters. The average Bonchev–Trinajstić information content (AvgIpc) is 3.04. The van der Waals surface area contributed by atoms with Gasteiger partial charge in [-0.15, -0.1) is 11.8 Å². The molecule has 0 radical (unpaired) electrons. The highest BCUT2D eigenvalue weighted by atomic mass is 32.2. The third-order valence-corrected chi connectivity index (χ3v) is 9.74. The zero-order valence-electron chi connectivity index (χ0n) is 25.1. The van der Waals surface area contributed by atoms with Crippen LogP contribution < -0.4 is 5.32 Å². The van der Waals surface area contributed by atoms with Crippen LogP contribution in [0, 0.1) is 6.92 Å². The molecule has 3 saturated heterocycles. The molecule has 1 N–H and O–H groups in total. The molecule has 3 fully saturated rings. The first-order chi connectivity index (χ1) is 20.5. The van der Waals surface area contributed by atoms with E-state index in [2.05, 4.69) is 45.8 Å². The molecule has 4 heterocycles. The summed E-state index contributed by atoms with van der Waals surface area (Å²) in [5.41, 5.74) is 3.05. The Kier molecular flexibility index (Phi) is 11.2. The van der Waals surface area contributed by atoms with E-state index in [0.717, 1.165) is 62.8 Å². The number of amides is 1. The smallest absolute Gasteiger partial charge is 0.272 e. The molecule has 42 heavy (non-hydrogen) atoms. The summed E-state index contributed by atoms with van der Waals surface area (Å²) in [4.78, 5) is 25.6. The summed E-state index contributed by atoms with van der Waals surface area (Å²) >= 11 is 1.74. The number of thioether (sulfide) groups is 1. The van der Waals surface area contributed by atoms with E-state index in [-0.39, 0.29) is 36.1 Å². The van der Waals surface area contributed by atoms with Crippen molar-refractivity contribution < 1.29 is 23.4 Å². The molecule has 230 valence electrons. The van der Waals surface area contributed by atoms with Crippen molar-refractivity contribution in [2.75, 3.05) is 39.7 Å². The first-order valence-corrected chi connectivity index (χ1v) is 16.6. The van der Waals surface area contributed by atoms with Gasteiger partial charge in [0, 0.05) is 55.0 Å². The number of carbonyl (C=O) groups is 1. The number of alkyl halides is 1. The normalized spacial score (nSPS) is 25.5. The van der Waals surface area contributed by atoms with Gasteiger partial charge in [-0.2, -0.15) is 0 Å². The van der Waals surface area contributed by atoms with E-state index in [1.165, 1.54) is 10.5 Å². The van der Waals surface area contributed by atoms with E-state index < -0.39 is 6.67 Å². The van der Waals surface area contributed by atoms with Crippen LogP contribution >= 0.6 is 11.8 Å². The molecule has 4 atom stereocenters. The number of nitrogens with one attached hydrogen (secondary N) is 1. The SMILES string of the molecule is CO[C@@H]1COCC[C@@H]1NC1CCN(C(=O)c2nc(CF)nc(CC[C@H]3CCC[C@@H](c4ccc(SC)cc4)O3)c2C)CC1. The maximum Gasteiger partial charge on any atom is 0.272 e. The Labute approximate surface area is 253 Å². The summed E-state index contributed by atoms with van der Waals surface area (Å²) in [6, 6.07) is 9.21. The second kappa shape index (κ2) is 15.1. The minimum atomic E-state index is -0.792. The summed E-state index contributed by atoms with van der Waals surface area (Å²) < 4.78 is 31.5. The topological polar surface area (TPSA) is 85.8 Å². The van der Waals surface area contributed by atoms with Gasteiger partial charge < -0.3 is 24.4 Å². The van der Waals surface area contributed by atoms with Crippen LogP contribution in [-0.4, -0.2) is 84.7 Å². The molecule has 0 spiro atoms. The number of ether oxygens (including phenoxy) is 3. The van der Waals surface area contributed by atoms with Crippen molar-refractivity contribution in [3.05, 3.63) is 52.6 Å². The Bertz CT molecular complexity index is 1180. The minimum absolute atomic E-state index is 0.0519. The molecule has 0 aliphatic carbocycles. The number of hydrogen-bond acceptors (Lipinski definition) is 8. The van der Waals surface area contributed by atoms with Crippen molar-refractivity contribution in [2.45, 2.75) is 100 Å². The number of benzene rings is 1. The first-order valence-electron chi connectivity index (χ1n) is 15.4. The van der Waals surface area contributed by atoms with Crippen LogP contribution in [0.5, 0.6) is 0 Å². The van der Waals surface area contributed by atoms with Gasteiger partial charge >= 0.3 is 0 Å². The standard InChI is InChI=1S/C32H45FN4O4S/c1-21-26(12-9-24-5-4-6-28(41-24)22-7-10-25(42-3)11-8-22)35-30(19-33)36-31(21)32(38)37-16-13-23(14-17-37)34-27-15-18-40-20-29(27)39-2/h7-8,10-11,23-24,27-29,34H,4-6,9,12-20H2,1-3H3/t24-,27+,28+,29-/m1/s1. The van der Waals surface area contributed by atoms with Gasteiger partial charge in [0.25, 0.3) is 5.91 Å². The molecule has 1 aromatic heterocycles. The average molecular weight is 601 g/mol. The summed E-state index contributed by atoms with van der Waals surface area (Å²) in [7, 11) is 1.73. The van der Waals surface area contributed by atoms with Gasteiger partial charge in [0.2, 0.25) is 0 Å². The van der Waals surface area contributed by atoms with Crippen LogP contribution in [0.4, 0.5) is 4.39 Å². The Balaban J connectivity index is 1.18. The van der Waals surface area contributed by atoms with Gasteiger partial charge in [0.15, 0.2) is 5.82 Å². The van der Waals surface area contributed by atoms with Gasteiger partial charge in [-0.05, 0) is 82.2 Å². The quantitative estimate of drug-likeness (QED) is 0.372. The van der Waals surface area contributed by atoms with Gasteiger partial charge in [-0.1, -0.05) is 12.1 Å². The molecule has 1 amide bonds. The summed E-state index contributed by atoms with van der Waals surface area (Å²) in [5.74, 6) is -0.0512. The summed E-state index contributed by atoms with van der Waals surface area (Å²) in [6.45, 7) is 3.72. The highest BCUT2D eigenvalue weighted by Gasteiger charge is 2.32. The maximum absolute atomic E-state index is 13.8. The zero-order valence-corrected chi connectivity index (χ0v) is 26.0. The second-order valence-corrected chi connectivity index (χ2v) is 12.5. The fourth-order valence-corrected chi connectivity index (χ4v) is 6.84. The fraction of sp³-hybridized carbons (Fsp3) is 0.656. The lowest BCUT2D eigenvalue weighted by atomic mass is 9.95. The number of halogens is 1. The van der Waals surface area contributed by atoms with E-state index in [9.17, 15) is 9.18 Å². The summed E-state index contributed by atoms with van der Waals surface area (Å²) in [5, 5.41) is 3.73. The number of carbonyl (C=O) groups excluding carboxylic acids is 1. The highest BCUT2D eigenvalue weighted by molar-refractivity contribution is 7.98. The first kappa shape index (κ1) is 31.3. The third kappa shape index (κ3) is 7.69. The number of aromatic nitrogens is 2. The van der Waals surface area contributed by atoms with E-state index >= 15 is 0 Å². The lowest BCUT2D eigenvalue weighted by Crippen LogP contribution is -2.54. The van der Waals surface area contributed by atoms with Crippen LogP contribution in [0.15, 0.2) is 29.2 Å². The molecule has 0 saturated carbocycles. The molecule has 0 bridgehead atoms. The molecule has 1 aromatic carbocycles. The lowest BCUT2D eigenvalue weighted by Gasteiger charge is -2.38. The zero-order chi connectivity index (χ0) is 29.5. The van der Waals surface area contributed by atoms with Crippen LogP contribution in [0.2, 0.25) is 0 Å². The van der Waals surface area contributed by atoms with Crippen LogP contribution in [0.3, 0.4) is 0 Å². The molecule has 8 nitrogen and oxygen atoms in total. The number of piperidine rings is 1. The Hall–Kier alpha value is -2.11. The molecule has 3 aliphatic heterocycles. The number of aryl methyl sites for hydroxylation is 1. The number of hydrogen-bond donors (Lipinski definition) is 1. The molecule has 10 heteroatoms. The maximum atomic E-state index is 13.8. The van der Waals surface area contributed by atoms with Gasteiger partial charge in [0.05, 0.1) is 24.9 Å². The van der Waals surface area contributed by atoms with E-state index in [1.54, 1.807) is 18.9 Å². The van der Waals surface area contributed by atoms with Gasteiger partial charge in [-0.25, -0.2) is 14.4 Å². The third-order valence-electron chi connectivity index (χ3n) is 8.99. The lowest BCUT2D eigenvalue weighted by molar-refractivity contribution is -0.0547. The Morgan fingerprint density at radius 1 is 1.14 bits per heavy atom. The molecule has 5 rings (SSSR count). The fourth-order valence-electron chi connectivity index (χ4n) is 6.44. The largest absolute Gasteiger partial charge is 0.379 e. The van der Waals surface area contributed by atoms with Crippen molar-refractivity contribution >= 4 is 17.7 Å². The van der Waals surface area contributed by atoms with E-state index in [4.69, 9.17) is 14.2 Å². The molecule has 2 aromatic rings. The van der Waals surface area contributed by atoms with Gasteiger partial charge in [-0.3, -0.25) is 4.79 Å². The van der Waals surface area contributed by atoms with E-state index in [0.29, 0.717) is 37.9 Å². The molecular weight excluding hydrogens is 555 g/mol. The highest BCUT2D eigenvalue weighted by Crippen LogP contribution is 2.34.